The molecule has 2 heterocycles. The summed E-state index contributed by atoms with van der Waals surface area (Å²) in [5, 5.41) is 7.24. The molecule has 1 fully saturated rings. The van der Waals surface area contributed by atoms with E-state index in [1.54, 1.807) is 6.07 Å². The zero-order chi connectivity index (χ0) is 12.5. The van der Waals surface area contributed by atoms with Crippen molar-refractivity contribution >= 4 is 15.9 Å². The minimum atomic E-state index is -0.299. The first-order valence-electron chi connectivity index (χ1n) is 5.76. The predicted molar refractivity (Wildman–Crippen MR) is 67.4 cm³/mol. The van der Waals surface area contributed by atoms with Crippen LogP contribution in [-0.4, -0.2) is 16.7 Å². The minimum Gasteiger partial charge on any atom is -0.337 e. The van der Waals surface area contributed by atoms with Crippen LogP contribution >= 0.6 is 15.9 Å². The molecule has 1 aliphatic rings. The van der Waals surface area contributed by atoms with Crippen LogP contribution in [-0.2, 0) is 0 Å². The Morgan fingerprint density at radius 2 is 2.33 bits per heavy atom. The number of benzene rings is 1. The van der Waals surface area contributed by atoms with Gasteiger partial charge in [-0.25, -0.2) is 4.39 Å². The molecule has 0 aliphatic carbocycles. The van der Waals surface area contributed by atoms with Crippen LogP contribution in [0.2, 0.25) is 0 Å². The lowest BCUT2D eigenvalue weighted by Crippen LogP contribution is -2.12. The maximum absolute atomic E-state index is 13.0. The van der Waals surface area contributed by atoms with Crippen LogP contribution in [0.4, 0.5) is 4.39 Å². The van der Waals surface area contributed by atoms with Gasteiger partial charge in [-0.15, -0.1) is 0 Å². The molecule has 1 saturated heterocycles. The highest BCUT2D eigenvalue weighted by Gasteiger charge is 2.23. The van der Waals surface area contributed by atoms with E-state index in [9.17, 15) is 4.39 Å². The van der Waals surface area contributed by atoms with Crippen LogP contribution in [0.5, 0.6) is 0 Å². The maximum atomic E-state index is 13.0. The van der Waals surface area contributed by atoms with Gasteiger partial charge in [0.1, 0.15) is 5.82 Å². The lowest BCUT2D eigenvalue weighted by atomic mass is 10.2. The summed E-state index contributed by atoms with van der Waals surface area (Å²) in [6.45, 7) is 0.975. The molecule has 94 valence electrons. The first-order valence-corrected chi connectivity index (χ1v) is 6.56. The summed E-state index contributed by atoms with van der Waals surface area (Å²) in [5.41, 5.74) is 0.726. The van der Waals surface area contributed by atoms with Crippen LogP contribution in [0.3, 0.4) is 0 Å². The molecule has 18 heavy (non-hydrogen) atoms. The first kappa shape index (κ1) is 11.8. The van der Waals surface area contributed by atoms with Crippen LogP contribution in [0.25, 0.3) is 11.4 Å². The van der Waals surface area contributed by atoms with Crippen molar-refractivity contribution in [1.29, 1.82) is 0 Å². The number of hydrogen-bond donors (Lipinski definition) is 1. The quantitative estimate of drug-likeness (QED) is 0.926. The van der Waals surface area contributed by atoms with E-state index in [4.69, 9.17) is 4.52 Å². The van der Waals surface area contributed by atoms with Gasteiger partial charge in [0, 0.05) is 10.0 Å². The van der Waals surface area contributed by atoms with E-state index in [0.29, 0.717) is 16.2 Å². The average Bonchev–Trinajstić information content (AvgIpc) is 2.99. The second-order valence-corrected chi connectivity index (χ2v) is 5.08. The Labute approximate surface area is 112 Å². The van der Waals surface area contributed by atoms with Crippen molar-refractivity contribution in [3.05, 3.63) is 34.4 Å². The van der Waals surface area contributed by atoms with Crippen LogP contribution in [0.1, 0.15) is 24.8 Å². The normalized spacial score (nSPS) is 19.3. The lowest BCUT2D eigenvalue weighted by Gasteiger charge is -2.01. The van der Waals surface area contributed by atoms with E-state index in [0.717, 1.165) is 24.9 Å². The van der Waals surface area contributed by atoms with Gasteiger partial charge in [-0.2, -0.15) is 4.98 Å². The molecule has 1 atom stereocenters. The van der Waals surface area contributed by atoms with Crippen molar-refractivity contribution in [1.82, 2.24) is 15.5 Å². The summed E-state index contributed by atoms with van der Waals surface area (Å²) in [5.74, 6) is 0.774. The fraction of sp³-hybridized carbons (Fsp3) is 0.333. The third-order valence-electron chi connectivity index (χ3n) is 2.97. The van der Waals surface area contributed by atoms with E-state index in [2.05, 4.69) is 31.4 Å². The van der Waals surface area contributed by atoms with Gasteiger partial charge in [0.15, 0.2) is 0 Å². The molecule has 1 aromatic heterocycles. The third-order valence-corrected chi connectivity index (χ3v) is 3.63. The fourth-order valence-electron chi connectivity index (χ4n) is 2.05. The van der Waals surface area contributed by atoms with Crippen molar-refractivity contribution < 1.29 is 8.91 Å². The van der Waals surface area contributed by atoms with Gasteiger partial charge in [0.2, 0.25) is 11.7 Å². The smallest absolute Gasteiger partial charge is 0.244 e. The summed E-state index contributed by atoms with van der Waals surface area (Å²) in [7, 11) is 0. The van der Waals surface area contributed by atoms with Gasteiger partial charge < -0.3 is 9.84 Å². The molecule has 0 unspecified atom stereocenters. The Hall–Kier alpha value is -1.27. The SMILES string of the molecule is Fc1ccc(-c2noc([C@H]3CCCN3)n2)c(Br)c1. The molecular weight excluding hydrogens is 301 g/mol. The Morgan fingerprint density at radius 3 is 3.06 bits per heavy atom. The third kappa shape index (κ3) is 2.18. The Bertz CT molecular complexity index is 566. The molecular formula is C12H11BrFN3O. The van der Waals surface area contributed by atoms with Gasteiger partial charge in [0.25, 0.3) is 0 Å². The van der Waals surface area contributed by atoms with E-state index in [1.807, 2.05) is 0 Å². The Morgan fingerprint density at radius 1 is 1.44 bits per heavy atom. The van der Waals surface area contributed by atoms with E-state index in [-0.39, 0.29) is 11.9 Å². The topological polar surface area (TPSA) is 51.0 Å². The largest absolute Gasteiger partial charge is 0.337 e. The Kier molecular flexibility index (Phi) is 3.13. The van der Waals surface area contributed by atoms with Crippen molar-refractivity contribution in [3.8, 4) is 11.4 Å². The standard InChI is InChI=1S/C12H11BrFN3O/c13-9-6-7(14)3-4-8(9)11-16-12(18-17-11)10-2-1-5-15-10/h3-4,6,10,15H,1-2,5H2/t10-/m1/s1. The zero-order valence-corrected chi connectivity index (χ0v) is 11.1. The van der Waals surface area contributed by atoms with Crippen molar-refractivity contribution in [2.24, 2.45) is 0 Å². The molecule has 0 spiro atoms. The molecule has 6 heteroatoms. The number of nitrogens with one attached hydrogen (secondary N) is 1. The second kappa shape index (κ2) is 4.78. The number of hydrogen-bond acceptors (Lipinski definition) is 4. The lowest BCUT2D eigenvalue weighted by molar-refractivity contribution is 0.345. The minimum absolute atomic E-state index is 0.144. The second-order valence-electron chi connectivity index (χ2n) is 4.23. The molecule has 3 rings (SSSR count). The molecule has 0 bridgehead atoms. The molecule has 1 aromatic carbocycles. The van der Waals surface area contributed by atoms with E-state index < -0.39 is 0 Å². The predicted octanol–water partition coefficient (Wildman–Crippen LogP) is 3.06. The zero-order valence-electron chi connectivity index (χ0n) is 9.49. The summed E-state index contributed by atoms with van der Waals surface area (Å²) >= 11 is 3.30. The molecule has 0 saturated carbocycles. The van der Waals surface area contributed by atoms with Crippen LogP contribution in [0.15, 0.2) is 27.2 Å². The molecule has 2 aromatic rings. The summed E-state index contributed by atoms with van der Waals surface area (Å²) in [4.78, 5) is 4.36. The molecule has 1 N–H and O–H groups in total. The molecule has 4 nitrogen and oxygen atoms in total. The highest BCUT2D eigenvalue weighted by Crippen LogP contribution is 2.29. The maximum Gasteiger partial charge on any atom is 0.244 e. The molecule has 0 amide bonds. The van der Waals surface area contributed by atoms with E-state index >= 15 is 0 Å². The van der Waals surface area contributed by atoms with Gasteiger partial charge in [-0.05, 0) is 53.5 Å². The fourth-order valence-corrected chi connectivity index (χ4v) is 2.58. The van der Waals surface area contributed by atoms with E-state index in [1.165, 1.54) is 12.1 Å². The summed E-state index contributed by atoms with van der Waals surface area (Å²) in [6.07, 6.45) is 2.12. The van der Waals surface area contributed by atoms with Crippen LogP contribution in [0, 0.1) is 5.82 Å². The number of aromatic nitrogens is 2. The monoisotopic (exact) mass is 311 g/mol. The van der Waals surface area contributed by atoms with Gasteiger partial charge in [-0.3, -0.25) is 0 Å². The van der Waals surface area contributed by atoms with Gasteiger partial charge >= 0.3 is 0 Å². The van der Waals surface area contributed by atoms with Crippen molar-refractivity contribution in [2.45, 2.75) is 18.9 Å². The summed E-state index contributed by atoms with van der Waals surface area (Å²) < 4.78 is 18.9. The van der Waals surface area contributed by atoms with Crippen molar-refractivity contribution in [2.75, 3.05) is 6.54 Å². The van der Waals surface area contributed by atoms with Crippen molar-refractivity contribution in [3.63, 3.8) is 0 Å². The average molecular weight is 312 g/mol. The van der Waals surface area contributed by atoms with Gasteiger partial charge in [0.05, 0.1) is 6.04 Å². The number of rotatable bonds is 2. The van der Waals surface area contributed by atoms with Crippen LogP contribution < -0.4 is 5.32 Å². The highest BCUT2D eigenvalue weighted by atomic mass is 79.9. The summed E-state index contributed by atoms with van der Waals surface area (Å²) in [6, 6.07) is 4.55. The number of nitrogens with zero attached hydrogens (tertiary/aromatic N) is 2. The number of halogens is 2. The highest BCUT2D eigenvalue weighted by molar-refractivity contribution is 9.10. The molecule has 0 radical (unpaired) electrons. The Balaban J connectivity index is 1.92. The molecule has 1 aliphatic heterocycles. The van der Waals surface area contributed by atoms with Gasteiger partial charge in [-0.1, -0.05) is 5.16 Å². The first-order chi connectivity index (χ1) is 8.74.